The molecule has 0 bridgehead atoms. The Labute approximate surface area is 203 Å². The second-order valence-electron chi connectivity index (χ2n) is 9.10. The Hall–Kier alpha value is -2.68. The van der Waals surface area contributed by atoms with Crippen molar-refractivity contribution < 1.29 is 14.6 Å². The Morgan fingerprint density at radius 2 is 2.06 bits per heavy atom. The number of benzene rings is 1. The summed E-state index contributed by atoms with van der Waals surface area (Å²) in [5.41, 5.74) is 2.97. The number of rotatable bonds is 7. The number of thioether (sulfide) groups is 1. The van der Waals surface area contributed by atoms with E-state index in [1.165, 1.54) is 11.8 Å². The van der Waals surface area contributed by atoms with Crippen LogP contribution < -0.4 is 15.4 Å². The van der Waals surface area contributed by atoms with E-state index in [1.54, 1.807) is 7.11 Å². The van der Waals surface area contributed by atoms with Gasteiger partial charge in [0.2, 0.25) is 5.91 Å². The molecule has 1 aromatic carbocycles. The number of fused-ring (bicyclic) bond motifs is 2. The Bertz CT molecular complexity index is 1180. The number of methoxy groups -OCH3 is 1. The van der Waals surface area contributed by atoms with E-state index in [4.69, 9.17) is 4.74 Å². The summed E-state index contributed by atoms with van der Waals surface area (Å²) < 4.78 is 5.38. The number of hydrogen-bond acceptors (Lipinski definition) is 7. The van der Waals surface area contributed by atoms with Gasteiger partial charge in [-0.1, -0.05) is 0 Å². The quantitative estimate of drug-likeness (QED) is 0.473. The molecule has 7 nitrogen and oxygen atoms in total. The molecule has 1 saturated carbocycles. The molecule has 1 fully saturated rings. The third kappa shape index (κ3) is 5.19. The minimum atomic E-state index is -0.374. The zero-order valence-electron chi connectivity index (χ0n) is 19.3. The highest BCUT2D eigenvalue weighted by atomic mass is 32.2. The van der Waals surface area contributed by atoms with Gasteiger partial charge in [0, 0.05) is 24.2 Å². The maximum atomic E-state index is 11.6. The van der Waals surface area contributed by atoms with Crippen LogP contribution in [0.15, 0.2) is 47.5 Å². The second kappa shape index (κ2) is 10.3. The first-order chi connectivity index (χ1) is 16.6. The Morgan fingerprint density at radius 1 is 1.21 bits per heavy atom. The maximum absolute atomic E-state index is 11.6. The fourth-order valence-electron chi connectivity index (χ4n) is 4.94. The lowest BCUT2D eigenvalue weighted by atomic mass is 9.80. The van der Waals surface area contributed by atoms with Crippen molar-refractivity contribution in [1.82, 2.24) is 15.3 Å². The molecule has 0 spiro atoms. The van der Waals surface area contributed by atoms with Crippen molar-refractivity contribution >= 4 is 34.4 Å². The highest BCUT2D eigenvalue weighted by Crippen LogP contribution is 2.32. The number of aromatic nitrogens is 2. The molecule has 178 valence electrons. The standard InChI is InChI=1S/C26H30N4O3S/c1-33-20-7-8-22-21(13-20)17(10-11-27-22)12-23(31)16-2-4-18(5-3-16)28-14-19-6-9-24-26(29-19)30-25(32)15-34-24/h6-11,13,16,18,23,28,31H,2-5,12,14-15H2,1H3,(H,29,30,32)/t16-,18-,23-/m1/s1. The molecule has 2 aromatic heterocycles. The molecule has 34 heavy (non-hydrogen) atoms. The summed E-state index contributed by atoms with van der Waals surface area (Å²) in [4.78, 5) is 21.7. The highest BCUT2D eigenvalue weighted by molar-refractivity contribution is 8.00. The predicted octanol–water partition coefficient (Wildman–Crippen LogP) is 3.93. The summed E-state index contributed by atoms with van der Waals surface area (Å²) in [5, 5.41) is 18.5. The van der Waals surface area contributed by atoms with Gasteiger partial charge in [-0.25, -0.2) is 4.98 Å². The lowest BCUT2D eigenvalue weighted by Crippen LogP contribution is -2.36. The minimum Gasteiger partial charge on any atom is -0.497 e. The van der Waals surface area contributed by atoms with Crippen molar-refractivity contribution in [3.63, 3.8) is 0 Å². The van der Waals surface area contributed by atoms with Crippen molar-refractivity contribution in [1.29, 1.82) is 0 Å². The molecule has 5 rings (SSSR count). The van der Waals surface area contributed by atoms with Crippen molar-refractivity contribution in [2.75, 3.05) is 18.2 Å². The van der Waals surface area contributed by atoms with Gasteiger partial charge in [-0.15, -0.1) is 11.8 Å². The average molecular weight is 479 g/mol. The van der Waals surface area contributed by atoms with Gasteiger partial charge in [-0.3, -0.25) is 9.78 Å². The molecule has 0 saturated heterocycles. The van der Waals surface area contributed by atoms with Crippen molar-refractivity contribution in [2.24, 2.45) is 5.92 Å². The number of amides is 1. The number of carbonyl (C=O) groups excluding carboxylic acids is 1. The molecular formula is C26H30N4O3S. The van der Waals surface area contributed by atoms with Crippen LogP contribution in [0.3, 0.4) is 0 Å². The lowest BCUT2D eigenvalue weighted by Gasteiger charge is -2.32. The number of ether oxygens (including phenoxy) is 1. The average Bonchev–Trinajstić information content (AvgIpc) is 2.87. The molecule has 0 radical (unpaired) electrons. The van der Waals surface area contributed by atoms with Crippen LogP contribution in [0.25, 0.3) is 10.9 Å². The van der Waals surface area contributed by atoms with Crippen molar-refractivity contribution in [3.05, 3.63) is 53.9 Å². The van der Waals surface area contributed by atoms with Crippen LogP contribution in [0.1, 0.15) is 36.9 Å². The van der Waals surface area contributed by atoms with Crippen molar-refractivity contribution in [2.45, 2.75) is 55.7 Å². The van der Waals surface area contributed by atoms with Gasteiger partial charge in [0.25, 0.3) is 0 Å². The van der Waals surface area contributed by atoms with Crippen LogP contribution in [0.5, 0.6) is 5.75 Å². The number of nitrogens with one attached hydrogen (secondary N) is 2. The summed E-state index contributed by atoms with van der Waals surface area (Å²) in [7, 11) is 1.66. The summed E-state index contributed by atoms with van der Waals surface area (Å²) >= 11 is 1.53. The molecular weight excluding hydrogens is 448 g/mol. The van der Waals surface area contributed by atoms with Gasteiger partial charge < -0.3 is 20.5 Å². The van der Waals surface area contributed by atoms with E-state index in [9.17, 15) is 9.90 Å². The number of aliphatic hydroxyl groups excluding tert-OH is 1. The number of pyridine rings is 2. The smallest absolute Gasteiger partial charge is 0.235 e. The first-order valence-electron chi connectivity index (χ1n) is 11.8. The summed E-state index contributed by atoms with van der Waals surface area (Å²) in [5.74, 6) is 2.23. The van der Waals surface area contributed by atoms with E-state index in [1.807, 2.05) is 42.6 Å². The summed E-state index contributed by atoms with van der Waals surface area (Å²) in [6.07, 6.45) is 6.12. The Kier molecular flexibility index (Phi) is 6.99. The van der Waals surface area contributed by atoms with Gasteiger partial charge in [-0.2, -0.15) is 0 Å². The topological polar surface area (TPSA) is 96.4 Å². The second-order valence-corrected chi connectivity index (χ2v) is 10.1. The number of anilines is 1. The van der Waals surface area contributed by atoms with Crippen LogP contribution >= 0.6 is 11.8 Å². The number of nitrogens with zero attached hydrogens (tertiary/aromatic N) is 2. The third-order valence-electron chi connectivity index (χ3n) is 6.89. The van der Waals surface area contributed by atoms with Gasteiger partial charge in [0.15, 0.2) is 0 Å². The fourth-order valence-corrected chi connectivity index (χ4v) is 5.70. The molecule has 3 N–H and O–H groups in total. The molecule has 3 heterocycles. The van der Waals surface area contributed by atoms with E-state index in [0.717, 1.165) is 58.5 Å². The minimum absolute atomic E-state index is 0.00545. The first kappa shape index (κ1) is 23.1. The normalized spacial score (nSPS) is 21.1. The van der Waals surface area contributed by atoms with Crippen LogP contribution in [-0.2, 0) is 17.8 Å². The van der Waals surface area contributed by atoms with Crippen LogP contribution in [0, 0.1) is 5.92 Å². The van der Waals surface area contributed by atoms with Gasteiger partial charge in [0.05, 0.1) is 35.1 Å². The van der Waals surface area contributed by atoms with Crippen LogP contribution in [-0.4, -0.2) is 46.0 Å². The van der Waals surface area contributed by atoms with E-state index >= 15 is 0 Å². The van der Waals surface area contributed by atoms with Crippen LogP contribution in [0.2, 0.25) is 0 Å². The molecule has 1 amide bonds. The van der Waals surface area contributed by atoms with E-state index in [-0.39, 0.29) is 12.0 Å². The molecule has 1 atom stereocenters. The van der Waals surface area contributed by atoms with Gasteiger partial charge in [0.1, 0.15) is 11.6 Å². The fraction of sp³-hybridized carbons (Fsp3) is 0.423. The largest absolute Gasteiger partial charge is 0.497 e. The van der Waals surface area contributed by atoms with Crippen molar-refractivity contribution in [3.8, 4) is 5.75 Å². The Balaban J connectivity index is 1.14. The number of hydrogen-bond donors (Lipinski definition) is 3. The zero-order chi connectivity index (χ0) is 23.5. The zero-order valence-corrected chi connectivity index (χ0v) is 20.1. The van der Waals surface area contributed by atoms with E-state index in [2.05, 4.69) is 20.6 Å². The third-order valence-corrected chi connectivity index (χ3v) is 7.94. The maximum Gasteiger partial charge on any atom is 0.235 e. The van der Waals surface area contributed by atoms with Crippen LogP contribution in [0.4, 0.5) is 5.82 Å². The summed E-state index contributed by atoms with van der Waals surface area (Å²) in [6.45, 7) is 0.677. The van der Waals surface area contributed by atoms with E-state index < -0.39 is 0 Å². The lowest BCUT2D eigenvalue weighted by molar-refractivity contribution is -0.113. The van der Waals surface area contributed by atoms with Gasteiger partial charge in [-0.05, 0) is 80.0 Å². The summed E-state index contributed by atoms with van der Waals surface area (Å²) in [6, 6.07) is 12.4. The molecule has 8 heteroatoms. The molecule has 3 aromatic rings. The number of carbonyl (C=O) groups is 1. The molecule has 1 aliphatic heterocycles. The number of aliphatic hydroxyl groups is 1. The Morgan fingerprint density at radius 3 is 2.88 bits per heavy atom. The monoisotopic (exact) mass is 478 g/mol. The SMILES string of the molecule is COc1ccc2nccc(C[C@@H](O)[C@H]3CC[C@H](NCc4ccc5c(n4)NC(=O)CS5)CC3)c2c1. The highest BCUT2D eigenvalue weighted by Gasteiger charge is 2.27. The van der Waals surface area contributed by atoms with Gasteiger partial charge >= 0.3 is 0 Å². The molecule has 1 aliphatic carbocycles. The first-order valence-corrected chi connectivity index (χ1v) is 12.8. The molecule has 2 aliphatic rings. The van der Waals surface area contributed by atoms with E-state index in [0.29, 0.717) is 36.5 Å². The predicted molar refractivity (Wildman–Crippen MR) is 134 cm³/mol. The molecule has 0 unspecified atom stereocenters.